The minimum atomic E-state index is 0.0891. The molecule has 0 aromatic heterocycles. The van der Waals surface area contributed by atoms with E-state index in [-0.39, 0.29) is 6.04 Å². The molecule has 0 amide bonds. The molecule has 3 aliphatic rings. The summed E-state index contributed by atoms with van der Waals surface area (Å²) >= 11 is 14.1. The Balaban J connectivity index is 1.48. The average molecular weight is 516 g/mol. The van der Waals surface area contributed by atoms with Gasteiger partial charge in [0.15, 0.2) is 5.17 Å². The molecule has 0 fully saturated rings. The van der Waals surface area contributed by atoms with Crippen molar-refractivity contribution in [2.45, 2.75) is 32.2 Å². The van der Waals surface area contributed by atoms with Crippen molar-refractivity contribution in [3.8, 4) is 0 Å². The van der Waals surface area contributed by atoms with Crippen molar-refractivity contribution in [1.82, 2.24) is 4.90 Å². The Morgan fingerprint density at radius 2 is 1.57 bits per heavy atom. The summed E-state index contributed by atoms with van der Waals surface area (Å²) in [6.45, 7) is 2.12. The quantitative estimate of drug-likeness (QED) is 0.345. The van der Waals surface area contributed by atoms with Crippen LogP contribution in [0.1, 0.15) is 47.6 Å². The standard InChI is InChI=1S/C30H24Cl2N2S/c1-19-5-9-21(10-6-19)27-18-35-30-33-28-23(17-20-7-13-24(31)14-8-20)3-2-4-26(28)29(34(27)30)22-11-15-25(32)16-12-22/h5-18,29H,2-4H2,1H3. The summed E-state index contributed by atoms with van der Waals surface area (Å²) in [7, 11) is 0. The van der Waals surface area contributed by atoms with Gasteiger partial charge in [0.25, 0.3) is 0 Å². The molecule has 0 N–H and O–H groups in total. The van der Waals surface area contributed by atoms with Crippen molar-refractivity contribution in [2.24, 2.45) is 4.99 Å². The lowest BCUT2D eigenvalue weighted by molar-refractivity contribution is 0.458. The van der Waals surface area contributed by atoms with Crippen LogP contribution in [0.2, 0.25) is 10.0 Å². The molecule has 0 spiro atoms. The monoisotopic (exact) mass is 514 g/mol. The van der Waals surface area contributed by atoms with Gasteiger partial charge in [0.1, 0.15) is 0 Å². The van der Waals surface area contributed by atoms with E-state index in [4.69, 9.17) is 28.2 Å². The molecule has 0 saturated heterocycles. The fraction of sp³-hybridized carbons (Fsp3) is 0.167. The molecule has 0 bridgehead atoms. The van der Waals surface area contributed by atoms with Gasteiger partial charge in [-0.15, -0.1) is 0 Å². The summed E-state index contributed by atoms with van der Waals surface area (Å²) in [6.07, 6.45) is 5.43. The summed E-state index contributed by atoms with van der Waals surface area (Å²) in [5, 5.41) is 4.78. The van der Waals surface area contributed by atoms with Crippen LogP contribution in [0.25, 0.3) is 11.8 Å². The highest BCUT2D eigenvalue weighted by atomic mass is 35.5. The second-order valence-electron chi connectivity index (χ2n) is 9.15. The van der Waals surface area contributed by atoms with Gasteiger partial charge in [-0.25, -0.2) is 4.99 Å². The third-order valence-electron chi connectivity index (χ3n) is 6.78. The van der Waals surface area contributed by atoms with Crippen LogP contribution in [-0.2, 0) is 0 Å². The number of rotatable bonds is 3. The predicted molar refractivity (Wildman–Crippen MR) is 151 cm³/mol. The molecular weight excluding hydrogens is 491 g/mol. The zero-order chi connectivity index (χ0) is 23.9. The molecule has 6 rings (SSSR count). The van der Waals surface area contributed by atoms with E-state index in [0.717, 1.165) is 45.7 Å². The van der Waals surface area contributed by atoms with E-state index in [1.807, 2.05) is 24.3 Å². The van der Waals surface area contributed by atoms with Crippen LogP contribution in [0.4, 0.5) is 0 Å². The highest BCUT2D eigenvalue weighted by Crippen LogP contribution is 2.51. The normalized spacial score (nSPS) is 20.5. The zero-order valence-corrected chi connectivity index (χ0v) is 21.7. The van der Waals surface area contributed by atoms with Gasteiger partial charge in [-0.05, 0) is 84.4 Å². The number of aliphatic imine (C=N–C) groups is 1. The van der Waals surface area contributed by atoms with Gasteiger partial charge in [0.05, 0.1) is 17.4 Å². The molecule has 1 atom stereocenters. The third-order valence-corrected chi connectivity index (χ3v) is 8.13. The smallest absolute Gasteiger partial charge is 0.174 e. The molecular formula is C30H24Cl2N2S. The van der Waals surface area contributed by atoms with Gasteiger partial charge in [0, 0.05) is 15.5 Å². The van der Waals surface area contributed by atoms with E-state index >= 15 is 0 Å². The Labute approximate surface area is 220 Å². The van der Waals surface area contributed by atoms with Crippen LogP contribution in [-0.4, -0.2) is 10.1 Å². The highest BCUT2D eigenvalue weighted by Gasteiger charge is 2.40. The van der Waals surface area contributed by atoms with Gasteiger partial charge < -0.3 is 4.90 Å². The van der Waals surface area contributed by atoms with Crippen molar-refractivity contribution in [3.05, 3.63) is 127 Å². The Bertz CT molecular complexity index is 1400. The van der Waals surface area contributed by atoms with E-state index in [1.165, 1.54) is 33.5 Å². The minimum absolute atomic E-state index is 0.0891. The molecule has 3 aromatic carbocycles. The third kappa shape index (κ3) is 4.38. The SMILES string of the molecule is Cc1ccc(C2=CSC3=NC4=C(CCCC4=Cc4ccc(Cl)cc4)C(c4ccc(Cl)cc4)N23)cc1. The number of halogens is 2. The molecule has 1 unspecified atom stereocenters. The zero-order valence-electron chi connectivity index (χ0n) is 19.3. The number of allylic oxidation sites excluding steroid dienone is 1. The number of aryl methyl sites for hydroxylation is 1. The Hall–Kier alpha value is -2.72. The van der Waals surface area contributed by atoms with Gasteiger partial charge in [-0.3, -0.25) is 0 Å². The Morgan fingerprint density at radius 1 is 0.886 bits per heavy atom. The number of thioether (sulfide) groups is 1. The molecule has 2 aliphatic heterocycles. The second kappa shape index (κ2) is 9.39. The van der Waals surface area contributed by atoms with Crippen LogP contribution >= 0.6 is 35.0 Å². The maximum Gasteiger partial charge on any atom is 0.174 e. The van der Waals surface area contributed by atoms with E-state index in [9.17, 15) is 0 Å². The molecule has 1 aliphatic carbocycles. The fourth-order valence-corrected chi connectivity index (χ4v) is 6.24. The number of amidine groups is 1. The summed E-state index contributed by atoms with van der Waals surface area (Å²) in [6, 6.07) is 25.2. The maximum absolute atomic E-state index is 6.28. The van der Waals surface area contributed by atoms with Gasteiger partial charge >= 0.3 is 0 Å². The first-order chi connectivity index (χ1) is 17.1. The number of nitrogens with zero attached hydrogens (tertiary/aromatic N) is 2. The number of hydrogen-bond acceptors (Lipinski definition) is 3. The molecule has 2 nitrogen and oxygen atoms in total. The lowest BCUT2D eigenvalue weighted by Gasteiger charge is -2.40. The lowest BCUT2D eigenvalue weighted by Crippen LogP contribution is -2.34. The van der Waals surface area contributed by atoms with Crippen molar-refractivity contribution < 1.29 is 0 Å². The Morgan fingerprint density at radius 3 is 2.29 bits per heavy atom. The highest BCUT2D eigenvalue weighted by molar-refractivity contribution is 8.16. The van der Waals surface area contributed by atoms with E-state index in [2.05, 4.69) is 71.8 Å². The van der Waals surface area contributed by atoms with Crippen molar-refractivity contribution in [1.29, 1.82) is 0 Å². The molecule has 3 aromatic rings. The summed E-state index contributed by atoms with van der Waals surface area (Å²) < 4.78 is 0. The van der Waals surface area contributed by atoms with Crippen molar-refractivity contribution >= 4 is 51.9 Å². The second-order valence-corrected chi connectivity index (χ2v) is 10.9. The first-order valence-electron chi connectivity index (χ1n) is 11.8. The maximum atomic E-state index is 6.28. The van der Waals surface area contributed by atoms with E-state index in [0.29, 0.717) is 0 Å². The van der Waals surface area contributed by atoms with Gasteiger partial charge in [-0.1, -0.05) is 89.1 Å². The first-order valence-corrected chi connectivity index (χ1v) is 13.5. The van der Waals surface area contributed by atoms with Crippen LogP contribution in [0.3, 0.4) is 0 Å². The molecule has 0 saturated carbocycles. The summed E-state index contributed by atoms with van der Waals surface area (Å²) in [4.78, 5) is 7.68. The van der Waals surface area contributed by atoms with Crippen LogP contribution in [0, 0.1) is 6.92 Å². The summed E-state index contributed by atoms with van der Waals surface area (Å²) in [5.41, 5.74) is 9.88. The topological polar surface area (TPSA) is 15.6 Å². The Kier molecular flexibility index (Phi) is 6.09. The number of fused-ring (bicyclic) bond motifs is 1. The molecule has 2 heterocycles. The largest absolute Gasteiger partial charge is 0.308 e. The van der Waals surface area contributed by atoms with Crippen molar-refractivity contribution in [2.75, 3.05) is 0 Å². The van der Waals surface area contributed by atoms with E-state index < -0.39 is 0 Å². The minimum Gasteiger partial charge on any atom is -0.308 e. The first kappa shape index (κ1) is 22.7. The average Bonchev–Trinajstić information content (AvgIpc) is 3.29. The van der Waals surface area contributed by atoms with Gasteiger partial charge in [0.2, 0.25) is 0 Å². The number of benzene rings is 3. The number of hydrogen-bond donors (Lipinski definition) is 0. The fourth-order valence-electron chi connectivity index (χ4n) is 5.06. The van der Waals surface area contributed by atoms with Crippen LogP contribution in [0.15, 0.2) is 100 Å². The van der Waals surface area contributed by atoms with Crippen LogP contribution < -0.4 is 0 Å². The molecule has 174 valence electrons. The molecule has 0 radical (unpaired) electrons. The predicted octanol–water partition coefficient (Wildman–Crippen LogP) is 9.28. The lowest BCUT2D eigenvalue weighted by atomic mass is 9.82. The van der Waals surface area contributed by atoms with E-state index in [1.54, 1.807) is 11.8 Å². The van der Waals surface area contributed by atoms with Gasteiger partial charge in [-0.2, -0.15) is 0 Å². The van der Waals surface area contributed by atoms with Crippen molar-refractivity contribution in [3.63, 3.8) is 0 Å². The summed E-state index contributed by atoms with van der Waals surface area (Å²) in [5.74, 6) is 0. The molecule has 35 heavy (non-hydrogen) atoms. The molecule has 5 heteroatoms. The van der Waals surface area contributed by atoms with Crippen LogP contribution in [0.5, 0.6) is 0 Å².